The molecule has 0 amide bonds. The van der Waals surface area contributed by atoms with Crippen molar-refractivity contribution < 1.29 is 0 Å². The van der Waals surface area contributed by atoms with Crippen molar-refractivity contribution in [2.75, 3.05) is 11.9 Å². The van der Waals surface area contributed by atoms with E-state index in [2.05, 4.69) is 10.3 Å². The zero-order chi connectivity index (χ0) is 10.5. The molecule has 0 fully saturated rings. The van der Waals surface area contributed by atoms with Crippen LogP contribution in [0.2, 0.25) is 0 Å². The molecule has 15 heavy (non-hydrogen) atoms. The van der Waals surface area contributed by atoms with Crippen LogP contribution in [0, 0.1) is 0 Å². The van der Waals surface area contributed by atoms with Crippen LogP contribution in [-0.2, 0) is 0 Å². The molecule has 1 aromatic heterocycles. The summed E-state index contributed by atoms with van der Waals surface area (Å²) in [5, 5.41) is 6.03. The molecular formula is C11H11ClN2S. The Bertz CT molecular complexity index is 388. The first-order valence-corrected chi connectivity index (χ1v) is 6.00. The van der Waals surface area contributed by atoms with E-state index in [1.165, 1.54) is 0 Å². The van der Waals surface area contributed by atoms with Crippen molar-refractivity contribution in [1.29, 1.82) is 0 Å². The van der Waals surface area contributed by atoms with Gasteiger partial charge in [0.15, 0.2) is 5.13 Å². The van der Waals surface area contributed by atoms with Crippen molar-refractivity contribution in [1.82, 2.24) is 4.98 Å². The largest absolute Gasteiger partial charge is 0.360 e. The monoisotopic (exact) mass is 238 g/mol. The first-order valence-electron chi connectivity index (χ1n) is 4.68. The Hall–Kier alpha value is -1.06. The molecule has 2 aromatic rings. The Labute approximate surface area is 97.9 Å². The van der Waals surface area contributed by atoms with Crippen molar-refractivity contribution in [2.24, 2.45) is 0 Å². The normalized spacial score (nSPS) is 12.3. The first kappa shape index (κ1) is 10.5. The fourth-order valence-electron chi connectivity index (χ4n) is 1.27. The van der Waals surface area contributed by atoms with E-state index in [1.54, 1.807) is 17.5 Å². The van der Waals surface area contributed by atoms with Crippen LogP contribution in [0.4, 0.5) is 5.13 Å². The number of halogens is 1. The van der Waals surface area contributed by atoms with Crippen LogP contribution in [0.5, 0.6) is 0 Å². The van der Waals surface area contributed by atoms with Gasteiger partial charge in [0.2, 0.25) is 0 Å². The number of hydrogen-bond donors (Lipinski definition) is 1. The van der Waals surface area contributed by atoms with Gasteiger partial charge in [-0.25, -0.2) is 4.98 Å². The highest BCUT2D eigenvalue weighted by Crippen LogP contribution is 2.21. The Morgan fingerprint density at radius 2 is 2.13 bits per heavy atom. The minimum atomic E-state index is -0.0184. The SMILES string of the molecule is ClC(CNc1nccs1)c1ccccc1. The van der Waals surface area contributed by atoms with E-state index in [9.17, 15) is 0 Å². The molecular weight excluding hydrogens is 228 g/mol. The highest BCUT2D eigenvalue weighted by Gasteiger charge is 2.06. The Morgan fingerprint density at radius 3 is 2.80 bits per heavy atom. The molecule has 4 heteroatoms. The number of nitrogens with zero attached hydrogens (tertiary/aromatic N) is 1. The molecule has 0 saturated carbocycles. The maximum absolute atomic E-state index is 6.24. The molecule has 1 atom stereocenters. The molecule has 1 N–H and O–H groups in total. The third kappa shape index (κ3) is 2.94. The van der Waals surface area contributed by atoms with E-state index in [0.717, 1.165) is 10.7 Å². The van der Waals surface area contributed by atoms with Gasteiger partial charge in [-0.05, 0) is 5.56 Å². The summed E-state index contributed by atoms with van der Waals surface area (Å²) < 4.78 is 0. The summed E-state index contributed by atoms with van der Waals surface area (Å²) >= 11 is 7.82. The molecule has 78 valence electrons. The zero-order valence-electron chi connectivity index (χ0n) is 8.06. The number of thiazole rings is 1. The Morgan fingerprint density at radius 1 is 1.33 bits per heavy atom. The second kappa shape index (κ2) is 5.14. The standard InChI is InChI=1S/C11H11ClN2S/c12-10(9-4-2-1-3-5-9)8-14-11-13-6-7-15-11/h1-7,10H,8H2,(H,13,14). The molecule has 1 aromatic carbocycles. The Balaban J connectivity index is 1.90. The van der Waals surface area contributed by atoms with Gasteiger partial charge in [-0.2, -0.15) is 0 Å². The first-order chi connectivity index (χ1) is 7.36. The number of rotatable bonds is 4. The van der Waals surface area contributed by atoms with E-state index in [4.69, 9.17) is 11.6 Å². The summed E-state index contributed by atoms with van der Waals surface area (Å²) in [7, 11) is 0. The van der Waals surface area contributed by atoms with Gasteiger partial charge < -0.3 is 5.32 Å². The van der Waals surface area contributed by atoms with Crippen LogP contribution in [0.3, 0.4) is 0 Å². The maximum Gasteiger partial charge on any atom is 0.182 e. The predicted octanol–water partition coefficient (Wildman–Crippen LogP) is 3.54. The summed E-state index contributed by atoms with van der Waals surface area (Å²) in [6.45, 7) is 0.694. The van der Waals surface area contributed by atoms with Crippen molar-refractivity contribution >= 4 is 28.1 Å². The van der Waals surface area contributed by atoms with Gasteiger partial charge in [-0.15, -0.1) is 22.9 Å². The van der Waals surface area contributed by atoms with Crippen molar-refractivity contribution in [3.05, 3.63) is 47.5 Å². The molecule has 2 nitrogen and oxygen atoms in total. The van der Waals surface area contributed by atoms with Gasteiger partial charge in [0, 0.05) is 18.1 Å². The number of benzene rings is 1. The van der Waals surface area contributed by atoms with E-state index in [0.29, 0.717) is 6.54 Å². The number of nitrogens with one attached hydrogen (secondary N) is 1. The lowest BCUT2D eigenvalue weighted by Crippen LogP contribution is -2.07. The average molecular weight is 239 g/mol. The van der Waals surface area contributed by atoms with Gasteiger partial charge in [0.25, 0.3) is 0 Å². The van der Waals surface area contributed by atoms with Crippen LogP contribution in [0.15, 0.2) is 41.9 Å². The van der Waals surface area contributed by atoms with E-state index in [1.807, 2.05) is 35.7 Å². The summed E-state index contributed by atoms with van der Waals surface area (Å²) in [5.41, 5.74) is 1.13. The topological polar surface area (TPSA) is 24.9 Å². The molecule has 0 aliphatic carbocycles. The smallest absolute Gasteiger partial charge is 0.182 e. The van der Waals surface area contributed by atoms with Gasteiger partial charge >= 0.3 is 0 Å². The van der Waals surface area contributed by atoms with Crippen molar-refractivity contribution in [3.63, 3.8) is 0 Å². The van der Waals surface area contributed by atoms with Gasteiger partial charge in [-0.1, -0.05) is 30.3 Å². The van der Waals surface area contributed by atoms with Gasteiger partial charge in [0.05, 0.1) is 5.38 Å². The lowest BCUT2D eigenvalue weighted by molar-refractivity contribution is 0.974. The molecule has 2 rings (SSSR count). The van der Waals surface area contributed by atoms with Crippen LogP contribution in [-0.4, -0.2) is 11.5 Å². The molecule has 1 unspecified atom stereocenters. The molecule has 0 spiro atoms. The van der Waals surface area contributed by atoms with Crippen molar-refractivity contribution in [3.8, 4) is 0 Å². The summed E-state index contributed by atoms with van der Waals surface area (Å²) in [6, 6.07) is 10.0. The van der Waals surface area contributed by atoms with E-state index < -0.39 is 0 Å². The number of aromatic nitrogens is 1. The van der Waals surface area contributed by atoms with Crippen LogP contribution in [0.25, 0.3) is 0 Å². The third-order valence-electron chi connectivity index (χ3n) is 2.03. The van der Waals surface area contributed by atoms with E-state index in [-0.39, 0.29) is 5.38 Å². The fourth-order valence-corrected chi connectivity index (χ4v) is 2.03. The molecule has 0 aliphatic rings. The average Bonchev–Trinajstić information content (AvgIpc) is 2.80. The number of alkyl halides is 1. The van der Waals surface area contributed by atoms with Crippen LogP contribution in [0.1, 0.15) is 10.9 Å². The molecule has 0 radical (unpaired) electrons. The molecule has 0 bridgehead atoms. The molecule has 0 saturated heterocycles. The molecule has 0 aliphatic heterocycles. The van der Waals surface area contributed by atoms with E-state index >= 15 is 0 Å². The quantitative estimate of drug-likeness (QED) is 0.825. The second-order valence-electron chi connectivity index (χ2n) is 3.10. The lowest BCUT2D eigenvalue weighted by Gasteiger charge is -2.09. The third-order valence-corrected chi connectivity index (χ3v) is 3.16. The van der Waals surface area contributed by atoms with Gasteiger partial charge in [-0.3, -0.25) is 0 Å². The highest BCUT2D eigenvalue weighted by atomic mass is 35.5. The van der Waals surface area contributed by atoms with Crippen molar-refractivity contribution in [2.45, 2.75) is 5.38 Å². The predicted molar refractivity (Wildman–Crippen MR) is 65.6 cm³/mol. The van der Waals surface area contributed by atoms with Crippen LogP contribution >= 0.6 is 22.9 Å². The summed E-state index contributed by atoms with van der Waals surface area (Å²) in [6.07, 6.45) is 1.78. The fraction of sp³-hybridized carbons (Fsp3) is 0.182. The highest BCUT2D eigenvalue weighted by molar-refractivity contribution is 7.13. The number of anilines is 1. The zero-order valence-corrected chi connectivity index (χ0v) is 9.63. The van der Waals surface area contributed by atoms with Gasteiger partial charge in [0.1, 0.15) is 0 Å². The second-order valence-corrected chi connectivity index (χ2v) is 4.52. The molecule has 1 heterocycles. The summed E-state index contributed by atoms with van der Waals surface area (Å²) in [5.74, 6) is 0. The minimum absolute atomic E-state index is 0.0184. The summed E-state index contributed by atoms with van der Waals surface area (Å²) in [4.78, 5) is 4.13. The lowest BCUT2D eigenvalue weighted by atomic mass is 10.1. The number of hydrogen-bond acceptors (Lipinski definition) is 3. The Kier molecular flexibility index (Phi) is 3.59. The van der Waals surface area contributed by atoms with Crippen LogP contribution < -0.4 is 5.32 Å². The minimum Gasteiger partial charge on any atom is -0.360 e. The maximum atomic E-state index is 6.24.